The molecule has 0 aromatic carbocycles. The van der Waals surface area contributed by atoms with Crippen molar-refractivity contribution in [3.8, 4) is 0 Å². The normalized spacial score (nSPS) is 27.4. The van der Waals surface area contributed by atoms with Crippen molar-refractivity contribution >= 4 is 35.8 Å². The number of nitrogens with zero attached hydrogens (tertiary/aromatic N) is 3. The molecule has 0 aromatic heterocycles. The number of aliphatic imine (C=N–C) groups is 1. The lowest BCUT2D eigenvalue weighted by molar-refractivity contribution is -0.135. The van der Waals surface area contributed by atoms with E-state index >= 15 is 0 Å². The van der Waals surface area contributed by atoms with Gasteiger partial charge in [-0.25, -0.2) is 0 Å². The quantitative estimate of drug-likeness (QED) is 0.343. The van der Waals surface area contributed by atoms with Gasteiger partial charge in [-0.05, 0) is 45.2 Å². The molecule has 2 aliphatic heterocycles. The highest BCUT2D eigenvalue weighted by atomic mass is 127. The Morgan fingerprint density at radius 1 is 1.04 bits per heavy atom. The molecule has 162 valence electrons. The number of rotatable bonds is 5. The van der Waals surface area contributed by atoms with Gasteiger partial charge in [0.25, 0.3) is 0 Å². The van der Waals surface area contributed by atoms with Gasteiger partial charge >= 0.3 is 0 Å². The Labute approximate surface area is 188 Å². The maximum atomic E-state index is 12.7. The van der Waals surface area contributed by atoms with Gasteiger partial charge in [-0.15, -0.1) is 24.0 Å². The van der Waals surface area contributed by atoms with Gasteiger partial charge in [0, 0.05) is 44.7 Å². The number of carbonyl (C=O) groups is 1. The summed E-state index contributed by atoms with van der Waals surface area (Å²) in [6.45, 7) is 7.25. The minimum absolute atomic E-state index is 0. The standard InChI is InChI=1S/C21H39N5O.HI/c1-3-25-13-8-7-11-19(25)15-23-21(22-2)24-18-12-14-26(16-18)20(27)17-9-5-4-6-10-17;/h17-19H,3-16H2,1-2H3,(H2,22,23,24);1H. The van der Waals surface area contributed by atoms with E-state index in [9.17, 15) is 4.79 Å². The van der Waals surface area contributed by atoms with Crippen molar-refractivity contribution in [2.24, 2.45) is 10.9 Å². The molecule has 2 atom stereocenters. The van der Waals surface area contributed by atoms with Crippen LogP contribution in [0.3, 0.4) is 0 Å². The van der Waals surface area contributed by atoms with Crippen LogP contribution in [0.4, 0.5) is 0 Å². The highest BCUT2D eigenvalue weighted by Gasteiger charge is 2.32. The van der Waals surface area contributed by atoms with Crippen LogP contribution in [-0.4, -0.2) is 73.5 Å². The van der Waals surface area contributed by atoms with Gasteiger partial charge in [0.1, 0.15) is 0 Å². The van der Waals surface area contributed by atoms with Crippen LogP contribution < -0.4 is 10.6 Å². The Bertz CT molecular complexity index is 509. The number of halogens is 1. The van der Waals surface area contributed by atoms with Crippen LogP contribution in [0.2, 0.25) is 0 Å². The van der Waals surface area contributed by atoms with E-state index in [0.29, 0.717) is 18.0 Å². The summed E-state index contributed by atoms with van der Waals surface area (Å²) in [5.41, 5.74) is 0. The predicted octanol–water partition coefficient (Wildman–Crippen LogP) is 2.83. The van der Waals surface area contributed by atoms with E-state index in [1.165, 1.54) is 45.1 Å². The Morgan fingerprint density at radius 3 is 2.50 bits per heavy atom. The molecule has 28 heavy (non-hydrogen) atoms. The molecule has 2 heterocycles. The second kappa shape index (κ2) is 12.2. The van der Waals surface area contributed by atoms with Crippen LogP contribution >= 0.6 is 24.0 Å². The van der Waals surface area contributed by atoms with Crippen LogP contribution in [0, 0.1) is 5.92 Å². The molecule has 2 N–H and O–H groups in total. The summed E-state index contributed by atoms with van der Waals surface area (Å²) in [7, 11) is 1.84. The van der Waals surface area contributed by atoms with Crippen LogP contribution in [-0.2, 0) is 4.79 Å². The second-order valence-electron chi connectivity index (χ2n) is 8.48. The van der Waals surface area contributed by atoms with Crippen LogP contribution in [0.5, 0.6) is 0 Å². The first-order valence-electron chi connectivity index (χ1n) is 11.2. The zero-order chi connectivity index (χ0) is 19.1. The molecule has 1 aliphatic carbocycles. The minimum atomic E-state index is 0. The highest BCUT2D eigenvalue weighted by molar-refractivity contribution is 14.0. The van der Waals surface area contributed by atoms with Crippen LogP contribution in [0.15, 0.2) is 4.99 Å². The van der Waals surface area contributed by atoms with E-state index in [4.69, 9.17) is 0 Å². The average molecular weight is 505 g/mol. The molecule has 2 saturated heterocycles. The highest BCUT2D eigenvalue weighted by Crippen LogP contribution is 2.26. The molecule has 6 nitrogen and oxygen atoms in total. The molecule has 2 unspecified atom stereocenters. The number of nitrogens with one attached hydrogen (secondary N) is 2. The van der Waals surface area contributed by atoms with Crippen LogP contribution in [0.25, 0.3) is 0 Å². The van der Waals surface area contributed by atoms with Gasteiger partial charge < -0.3 is 15.5 Å². The molecule has 1 amide bonds. The van der Waals surface area contributed by atoms with E-state index in [1.54, 1.807) is 0 Å². The van der Waals surface area contributed by atoms with E-state index in [1.807, 2.05) is 7.05 Å². The first kappa shape index (κ1) is 23.7. The maximum Gasteiger partial charge on any atom is 0.225 e. The summed E-state index contributed by atoms with van der Waals surface area (Å²) in [5.74, 6) is 1.55. The second-order valence-corrected chi connectivity index (χ2v) is 8.48. The molecule has 0 radical (unpaired) electrons. The Balaban J connectivity index is 0.00000280. The van der Waals surface area contributed by atoms with E-state index in [-0.39, 0.29) is 29.9 Å². The molecule has 7 heteroatoms. The summed E-state index contributed by atoms with van der Waals surface area (Å²) in [5, 5.41) is 7.08. The fourth-order valence-electron chi connectivity index (χ4n) is 5.00. The number of likely N-dealkylation sites (tertiary alicyclic amines) is 2. The van der Waals surface area contributed by atoms with Gasteiger partial charge in [0.2, 0.25) is 5.91 Å². The summed E-state index contributed by atoms with van der Waals surface area (Å²) >= 11 is 0. The van der Waals surface area contributed by atoms with Gasteiger partial charge in [-0.3, -0.25) is 14.7 Å². The number of amides is 1. The minimum Gasteiger partial charge on any atom is -0.355 e. The van der Waals surface area contributed by atoms with Crippen molar-refractivity contribution in [2.45, 2.75) is 76.8 Å². The number of piperidine rings is 1. The first-order valence-corrected chi connectivity index (χ1v) is 11.2. The average Bonchev–Trinajstić information content (AvgIpc) is 3.19. The predicted molar refractivity (Wildman–Crippen MR) is 126 cm³/mol. The molecule has 3 rings (SSSR count). The zero-order valence-corrected chi connectivity index (χ0v) is 20.1. The Kier molecular flexibility index (Phi) is 10.3. The van der Waals surface area contributed by atoms with Crippen molar-refractivity contribution in [3.63, 3.8) is 0 Å². The molecular weight excluding hydrogens is 465 g/mol. The van der Waals surface area contributed by atoms with Crippen molar-refractivity contribution in [1.29, 1.82) is 0 Å². The largest absolute Gasteiger partial charge is 0.355 e. The fraction of sp³-hybridized carbons (Fsp3) is 0.905. The number of hydrogen-bond donors (Lipinski definition) is 2. The molecule has 1 saturated carbocycles. The van der Waals surface area contributed by atoms with Crippen molar-refractivity contribution in [2.75, 3.05) is 39.8 Å². The van der Waals surface area contributed by atoms with E-state index < -0.39 is 0 Å². The van der Waals surface area contributed by atoms with Gasteiger partial charge in [-0.2, -0.15) is 0 Å². The van der Waals surface area contributed by atoms with Crippen molar-refractivity contribution < 1.29 is 4.79 Å². The summed E-state index contributed by atoms with van der Waals surface area (Å²) in [6.07, 6.45) is 10.9. The number of hydrogen-bond acceptors (Lipinski definition) is 3. The monoisotopic (exact) mass is 505 g/mol. The fourth-order valence-corrected chi connectivity index (χ4v) is 5.00. The smallest absolute Gasteiger partial charge is 0.225 e. The lowest BCUT2D eigenvalue weighted by atomic mass is 9.88. The third-order valence-electron chi connectivity index (χ3n) is 6.68. The van der Waals surface area contributed by atoms with Gasteiger partial charge in [-0.1, -0.05) is 32.6 Å². The lowest BCUT2D eigenvalue weighted by Crippen LogP contribution is -2.51. The van der Waals surface area contributed by atoms with Crippen molar-refractivity contribution in [1.82, 2.24) is 20.4 Å². The molecule has 0 spiro atoms. The maximum absolute atomic E-state index is 12.7. The SMILES string of the molecule is CCN1CCCCC1CNC(=NC)NC1CCN(C(=O)C2CCCCC2)C1.I. The Morgan fingerprint density at radius 2 is 1.79 bits per heavy atom. The lowest BCUT2D eigenvalue weighted by Gasteiger charge is -2.35. The molecule has 3 fully saturated rings. The van der Waals surface area contributed by atoms with E-state index in [0.717, 1.165) is 51.4 Å². The van der Waals surface area contributed by atoms with Crippen molar-refractivity contribution in [3.05, 3.63) is 0 Å². The third-order valence-corrected chi connectivity index (χ3v) is 6.68. The topological polar surface area (TPSA) is 60.0 Å². The van der Waals surface area contributed by atoms with Crippen LogP contribution in [0.1, 0.15) is 64.7 Å². The van der Waals surface area contributed by atoms with Gasteiger partial charge in [0.15, 0.2) is 5.96 Å². The summed E-state index contributed by atoms with van der Waals surface area (Å²) in [6, 6.07) is 0.924. The molecule has 0 bridgehead atoms. The first-order chi connectivity index (χ1) is 13.2. The molecular formula is C21H40IN5O. The zero-order valence-electron chi connectivity index (χ0n) is 17.8. The number of likely N-dealkylation sites (N-methyl/N-ethyl adjacent to an activating group) is 1. The summed E-state index contributed by atoms with van der Waals surface area (Å²) < 4.78 is 0. The molecule has 3 aliphatic rings. The summed E-state index contributed by atoms with van der Waals surface area (Å²) in [4.78, 5) is 21.8. The van der Waals surface area contributed by atoms with E-state index in [2.05, 4.69) is 32.3 Å². The van der Waals surface area contributed by atoms with Gasteiger partial charge in [0.05, 0.1) is 0 Å². The Hall–Kier alpha value is -0.570. The number of carbonyl (C=O) groups excluding carboxylic acids is 1. The third kappa shape index (κ3) is 6.47. The molecule has 0 aromatic rings. The number of guanidine groups is 1.